The lowest BCUT2D eigenvalue weighted by molar-refractivity contribution is 0.0697. The number of aromatic nitrogens is 1. The second kappa shape index (κ2) is 5.73. The molecule has 0 bridgehead atoms. The Kier molecular flexibility index (Phi) is 3.62. The van der Waals surface area contributed by atoms with E-state index in [1.54, 1.807) is 18.3 Å². The van der Waals surface area contributed by atoms with Crippen LogP contribution in [0.15, 0.2) is 59.1 Å². The molecule has 0 saturated heterocycles. The highest BCUT2D eigenvalue weighted by Gasteiger charge is 2.08. The number of hydrogen-bond acceptors (Lipinski definition) is 4. The molecule has 110 valence electrons. The maximum absolute atomic E-state index is 10.8. The molecule has 22 heavy (non-hydrogen) atoms. The fourth-order valence-electron chi connectivity index (χ4n) is 2.09. The van der Waals surface area contributed by atoms with E-state index in [1.165, 1.54) is 12.1 Å². The molecule has 1 aromatic heterocycles. The van der Waals surface area contributed by atoms with Gasteiger partial charge < -0.3 is 14.8 Å². The number of carboxylic acids is 1. The van der Waals surface area contributed by atoms with Crippen molar-refractivity contribution < 1.29 is 14.3 Å². The zero-order valence-corrected chi connectivity index (χ0v) is 11.9. The summed E-state index contributed by atoms with van der Waals surface area (Å²) in [6.45, 7) is 2.01. The van der Waals surface area contributed by atoms with Crippen LogP contribution in [0.3, 0.4) is 0 Å². The van der Waals surface area contributed by atoms with Gasteiger partial charge in [0.2, 0.25) is 0 Å². The Balaban J connectivity index is 1.80. The Hall–Kier alpha value is -3.08. The van der Waals surface area contributed by atoms with E-state index < -0.39 is 5.97 Å². The molecule has 5 heteroatoms. The summed E-state index contributed by atoms with van der Waals surface area (Å²) in [7, 11) is 0. The maximum Gasteiger partial charge on any atom is 0.335 e. The van der Waals surface area contributed by atoms with Gasteiger partial charge in [0.05, 0.1) is 11.8 Å². The third-order valence-corrected chi connectivity index (χ3v) is 3.19. The average Bonchev–Trinajstić information content (AvgIpc) is 2.96. The predicted octanol–water partition coefficient (Wildman–Crippen LogP) is 4.09. The second-order valence-electron chi connectivity index (χ2n) is 4.91. The van der Waals surface area contributed by atoms with E-state index in [9.17, 15) is 4.79 Å². The van der Waals surface area contributed by atoms with Gasteiger partial charge in [0.15, 0.2) is 5.76 Å². The summed E-state index contributed by atoms with van der Waals surface area (Å²) in [4.78, 5) is 15.0. The van der Waals surface area contributed by atoms with Gasteiger partial charge in [-0.1, -0.05) is 24.3 Å². The minimum Gasteiger partial charge on any atom is -0.478 e. The van der Waals surface area contributed by atoms with Crippen molar-refractivity contribution in [2.75, 3.05) is 5.32 Å². The van der Waals surface area contributed by atoms with Crippen LogP contribution in [0.1, 0.15) is 15.9 Å². The van der Waals surface area contributed by atoms with E-state index in [-0.39, 0.29) is 5.56 Å². The Bertz CT molecular complexity index is 807. The number of nitrogens with one attached hydrogen (secondary N) is 1. The first-order chi connectivity index (χ1) is 10.6. The summed E-state index contributed by atoms with van der Waals surface area (Å²) in [6.07, 6.45) is 1.61. The Labute approximate surface area is 127 Å². The fourth-order valence-corrected chi connectivity index (χ4v) is 2.09. The van der Waals surface area contributed by atoms with Crippen molar-refractivity contribution in [1.82, 2.24) is 4.98 Å². The van der Waals surface area contributed by atoms with Gasteiger partial charge in [0, 0.05) is 11.3 Å². The molecule has 0 aliphatic heterocycles. The van der Waals surface area contributed by atoms with Crippen molar-refractivity contribution in [3.05, 3.63) is 65.9 Å². The van der Waals surface area contributed by atoms with Crippen LogP contribution in [-0.2, 0) is 0 Å². The average molecular weight is 294 g/mol. The molecule has 5 nitrogen and oxygen atoms in total. The number of oxazole rings is 1. The summed E-state index contributed by atoms with van der Waals surface area (Å²) in [5, 5.41) is 12.0. The number of carboxylic acid groups (broad SMARTS) is 1. The minimum absolute atomic E-state index is 0.237. The Morgan fingerprint density at radius 2 is 1.95 bits per heavy atom. The first-order valence-electron chi connectivity index (χ1n) is 6.75. The van der Waals surface area contributed by atoms with Gasteiger partial charge in [-0.3, -0.25) is 0 Å². The van der Waals surface area contributed by atoms with Crippen molar-refractivity contribution in [3.63, 3.8) is 0 Å². The van der Waals surface area contributed by atoms with Gasteiger partial charge in [0.1, 0.15) is 0 Å². The van der Waals surface area contributed by atoms with E-state index in [0.29, 0.717) is 11.8 Å². The predicted molar refractivity (Wildman–Crippen MR) is 83.4 cm³/mol. The van der Waals surface area contributed by atoms with Gasteiger partial charge in [-0.25, -0.2) is 9.78 Å². The molecule has 2 aromatic carbocycles. The van der Waals surface area contributed by atoms with E-state index in [1.807, 2.05) is 31.2 Å². The zero-order chi connectivity index (χ0) is 15.5. The topological polar surface area (TPSA) is 75.4 Å². The minimum atomic E-state index is -0.953. The molecular weight excluding hydrogens is 280 g/mol. The second-order valence-corrected chi connectivity index (χ2v) is 4.91. The van der Waals surface area contributed by atoms with Gasteiger partial charge >= 0.3 is 5.97 Å². The number of rotatable bonds is 4. The summed E-state index contributed by atoms with van der Waals surface area (Å²) < 4.78 is 5.64. The van der Waals surface area contributed by atoms with E-state index in [4.69, 9.17) is 9.52 Å². The smallest absolute Gasteiger partial charge is 0.335 e. The molecule has 0 aliphatic carbocycles. The largest absolute Gasteiger partial charge is 0.478 e. The molecule has 0 fully saturated rings. The summed E-state index contributed by atoms with van der Waals surface area (Å²) in [6, 6.07) is 14.7. The molecule has 0 spiro atoms. The van der Waals surface area contributed by atoms with Crippen LogP contribution in [-0.4, -0.2) is 16.1 Å². The standard InChI is InChI=1S/C17H14N2O3/c1-11-3-2-4-14(9-11)19-17-18-10-15(22-17)12-5-7-13(8-6-12)16(20)21/h2-10H,1H3,(H,18,19)(H,20,21). The number of aryl methyl sites for hydroxylation is 1. The molecule has 2 N–H and O–H groups in total. The monoisotopic (exact) mass is 294 g/mol. The van der Waals surface area contributed by atoms with Gasteiger partial charge in [-0.05, 0) is 36.8 Å². The molecule has 0 aliphatic rings. The number of hydrogen-bond donors (Lipinski definition) is 2. The molecule has 0 atom stereocenters. The van der Waals surface area contributed by atoms with E-state index >= 15 is 0 Å². The maximum atomic E-state index is 10.8. The third kappa shape index (κ3) is 2.98. The van der Waals surface area contributed by atoms with E-state index in [0.717, 1.165) is 16.8 Å². The Morgan fingerprint density at radius 1 is 1.18 bits per heavy atom. The normalized spacial score (nSPS) is 10.4. The molecule has 3 aromatic rings. The van der Waals surface area contributed by atoms with Crippen LogP contribution >= 0.6 is 0 Å². The van der Waals surface area contributed by atoms with Crippen molar-refractivity contribution in [1.29, 1.82) is 0 Å². The van der Waals surface area contributed by atoms with Gasteiger partial charge in [0.25, 0.3) is 6.01 Å². The molecule has 0 saturated carbocycles. The molecular formula is C17H14N2O3. The molecule has 1 heterocycles. The quantitative estimate of drug-likeness (QED) is 0.758. The van der Waals surface area contributed by atoms with Crippen LogP contribution < -0.4 is 5.32 Å². The van der Waals surface area contributed by atoms with Crippen LogP contribution in [0.5, 0.6) is 0 Å². The molecule has 0 unspecified atom stereocenters. The van der Waals surface area contributed by atoms with E-state index in [2.05, 4.69) is 10.3 Å². The lowest BCUT2D eigenvalue weighted by Crippen LogP contribution is -1.94. The highest BCUT2D eigenvalue weighted by Crippen LogP contribution is 2.25. The van der Waals surface area contributed by atoms with Gasteiger partial charge in [-0.15, -0.1) is 0 Å². The lowest BCUT2D eigenvalue weighted by Gasteiger charge is -2.02. The summed E-state index contributed by atoms with van der Waals surface area (Å²) in [5.41, 5.74) is 3.05. The number of carbonyl (C=O) groups is 1. The van der Waals surface area contributed by atoms with Crippen molar-refractivity contribution in [2.45, 2.75) is 6.92 Å². The SMILES string of the molecule is Cc1cccc(Nc2ncc(-c3ccc(C(=O)O)cc3)o2)c1. The number of aromatic carboxylic acids is 1. The van der Waals surface area contributed by atoms with Crippen LogP contribution in [0, 0.1) is 6.92 Å². The van der Waals surface area contributed by atoms with Crippen molar-refractivity contribution in [3.8, 4) is 11.3 Å². The fraction of sp³-hybridized carbons (Fsp3) is 0.0588. The Morgan fingerprint density at radius 3 is 2.64 bits per heavy atom. The van der Waals surface area contributed by atoms with Gasteiger partial charge in [-0.2, -0.15) is 0 Å². The number of anilines is 2. The van der Waals surface area contributed by atoms with Crippen LogP contribution in [0.4, 0.5) is 11.7 Å². The summed E-state index contributed by atoms with van der Waals surface area (Å²) in [5.74, 6) is -0.377. The van der Waals surface area contributed by atoms with Crippen molar-refractivity contribution >= 4 is 17.7 Å². The van der Waals surface area contributed by atoms with Crippen LogP contribution in [0.2, 0.25) is 0 Å². The lowest BCUT2D eigenvalue weighted by atomic mass is 10.1. The number of nitrogens with zero attached hydrogens (tertiary/aromatic N) is 1. The molecule has 0 amide bonds. The zero-order valence-electron chi connectivity index (χ0n) is 11.9. The number of benzene rings is 2. The van der Waals surface area contributed by atoms with Crippen LogP contribution in [0.25, 0.3) is 11.3 Å². The molecule has 0 radical (unpaired) electrons. The highest BCUT2D eigenvalue weighted by molar-refractivity contribution is 5.88. The first kappa shape index (κ1) is 13.9. The first-order valence-corrected chi connectivity index (χ1v) is 6.75. The molecule has 3 rings (SSSR count). The van der Waals surface area contributed by atoms with Crippen molar-refractivity contribution in [2.24, 2.45) is 0 Å². The third-order valence-electron chi connectivity index (χ3n) is 3.19. The summed E-state index contributed by atoms with van der Waals surface area (Å²) >= 11 is 0. The highest BCUT2D eigenvalue weighted by atomic mass is 16.4.